The van der Waals surface area contributed by atoms with Crippen LogP contribution >= 0.6 is 0 Å². The van der Waals surface area contributed by atoms with Gasteiger partial charge >= 0.3 is 6.09 Å². The van der Waals surface area contributed by atoms with Crippen LogP contribution in [0.25, 0.3) is 0 Å². The lowest BCUT2D eigenvalue weighted by atomic mass is 10.0. The Morgan fingerprint density at radius 1 is 1.54 bits per heavy atom. The van der Waals surface area contributed by atoms with Gasteiger partial charge in [-0.2, -0.15) is 5.26 Å². The Hall–Kier alpha value is -1.28. The van der Waals surface area contributed by atoms with Crippen LogP contribution in [0.2, 0.25) is 0 Å². The van der Waals surface area contributed by atoms with Crippen molar-refractivity contribution in [3.63, 3.8) is 0 Å². The van der Waals surface area contributed by atoms with E-state index in [0.717, 1.165) is 25.7 Å². The zero-order valence-electron chi connectivity index (χ0n) is 7.59. The predicted octanol–water partition coefficient (Wildman–Crippen LogP) is 0.683. The first-order valence-electron chi connectivity index (χ1n) is 4.25. The molecule has 13 heavy (non-hydrogen) atoms. The summed E-state index contributed by atoms with van der Waals surface area (Å²) in [6.45, 7) is 0. The van der Waals surface area contributed by atoms with E-state index in [9.17, 15) is 4.79 Å². The van der Waals surface area contributed by atoms with Crippen molar-refractivity contribution < 1.29 is 9.53 Å². The lowest BCUT2D eigenvalue weighted by Gasteiger charge is -2.21. The van der Waals surface area contributed by atoms with E-state index < -0.39 is 11.6 Å². The molecular formula is C8H13N3O2. The van der Waals surface area contributed by atoms with Gasteiger partial charge in [-0.3, -0.25) is 5.43 Å². The molecule has 1 saturated carbocycles. The summed E-state index contributed by atoms with van der Waals surface area (Å²) in [5.74, 6) is 0. The molecule has 0 aromatic rings. The predicted molar refractivity (Wildman–Crippen MR) is 45.5 cm³/mol. The van der Waals surface area contributed by atoms with Crippen LogP contribution in [0.3, 0.4) is 0 Å². The van der Waals surface area contributed by atoms with Gasteiger partial charge in [-0.05, 0) is 12.8 Å². The Morgan fingerprint density at radius 3 is 2.62 bits per heavy atom. The van der Waals surface area contributed by atoms with E-state index in [0.29, 0.717) is 0 Å². The number of nitriles is 1. The molecule has 0 spiro atoms. The molecule has 1 rings (SSSR count). The van der Waals surface area contributed by atoms with Crippen molar-refractivity contribution in [3.05, 3.63) is 0 Å². The molecule has 1 aliphatic carbocycles. The van der Waals surface area contributed by atoms with E-state index in [4.69, 9.17) is 5.26 Å². The number of rotatable bonds is 2. The number of nitrogens with one attached hydrogen (secondary N) is 2. The van der Waals surface area contributed by atoms with Crippen LogP contribution in [0.5, 0.6) is 0 Å². The number of nitrogens with zero attached hydrogens (tertiary/aromatic N) is 1. The molecule has 0 bridgehead atoms. The Kier molecular flexibility index (Phi) is 3.09. The molecule has 0 radical (unpaired) electrons. The van der Waals surface area contributed by atoms with Crippen molar-refractivity contribution in [2.75, 3.05) is 7.11 Å². The van der Waals surface area contributed by atoms with Crippen LogP contribution in [0.4, 0.5) is 4.79 Å². The molecule has 0 atom stereocenters. The standard InChI is InChI=1S/C8H13N3O2/c1-13-7(12)10-11-8(6-9)4-2-3-5-8/h11H,2-5H2,1H3,(H,10,12). The van der Waals surface area contributed by atoms with E-state index in [1.807, 2.05) is 0 Å². The topological polar surface area (TPSA) is 74.2 Å². The fourth-order valence-electron chi connectivity index (χ4n) is 1.47. The number of hydrazine groups is 1. The first-order chi connectivity index (χ1) is 6.22. The molecule has 72 valence electrons. The van der Waals surface area contributed by atoms with E-state index in [1.165, 1.54) is 7.11 Å². The van der Waals surface area contributed by atoms with Crippen molar-refractivity contribution in [2.45, 2.75) is 31.2 Å². The maximum absolute atomic E-state index is 10.7. The van der Waals surface area contributed by atoms with Gasteiger partial charge in [0.1, 0.15) is 5.54 Å². The molecule has 1 aliphatic rings. The van der Waals surface area contributed by atoms with Gasteiger partial charge in [-0.15, -0.1) is 0 Å². The van der Waals surface area contributed by atoms with Crippen LogP contribution in [0, 0.1) is 11.3 Å². The first-order valence-corrected chi connectivity index (χ1v) is 4.25. The van der Waals surface area contributed by atoms with Crippen molar-refractivity contribution in [1.29, 1.82) is 5.26 Å². The van der Waals surface area contributed by atoms with Crippen LogP contribution in [-0.2, 0) is 4.74 Å². The monoisotopic (exact) mass is 183 g/mol. The first kappa shape index (κ1) is 9.81. The average Bonchev–Trinajstić information content (AvgIpc) is 2.63. The van der Waals surface area contributed by atoms with Crippen LogP contribution in [0.1, 0.15) is 25.7 Å². The lowest BCUT2D eigenvalue weighted by molar-refractivity contribution is 0.160. The minimum absolute atomic E-state index is 0.568. The summed E-state index contributed by atoms with van der Waals surface area (Å²) >= 11 is 0. The highest BCUT2D eigenvalue weighted by atomic mass is 16.5. The third-order valence-electron chi connectivity index (χ3n) is 2.26. The number of ether oxygens (including phenoxy) is 1. The van der Waals surface area contributed by atoms with Crippen molar-refractivity contribution in [2.24, 2.45) is 0 Å². The van der Waals surface area contributed by atoms with Gasteiger partial charge in [0, 0.05) is 0 Å². The summed E-state index contributed by atoms with van der Waals surface area (Å²) in [5.41, 5.74) is 4.45. The Balaban J connectivity index is 2.41. The number of carbonyl (C=O) groups is 1. The van der Waals surface area contributed by atoms with Crippen LogP contribution in [0.15, 0.2) is 0 Å². The van der Waals surface area contributed by atoms with Gasteiger partial charge in [0.05, 0.1) is 13.2 Å². The second kappa shape index (κ2) is 4.10. The van der Waals surface area contributed by atoms with Crippen LogP contribution in [-0.4, -0.2) is 18.7 Å². The number of carbonyl (C=O) groups excluding carboxylic acids is 1. The molecule has 0 unspecified atom stereocenters. The molecule has 5 heteroatoms. The molecule has 0 aliphatic heterocycles. The minimum Gasteiger partial charge on any atom is -0.452 e. The number of hydrogen-bond donors (Lipinski definition) is 2. The largest absolute Gasteiger partial charge is 0.452 e. The number of methoxy groups -OCH3 is 1. The second-order valence-corrected chi connectivity index (χ2v) is 3.14. The van der Waals surface area contributed by atoms with Gasteiger partial charge < -0.3 is 4.74 Å². The van der Waals surface area contributed by atoms with E-state index in [2.05, 4.69) is 21.7 Å². The summed E-state index contributed by atoms with van der Waals surface area (Å²) < 4.78 is 4.38. The average molecular weight is 183 g/mol. The lowest BCUT2D eigenvalue weighted by Crippen LogP contribution is -2.51. The van der Waals surface area contributed by atoms with Crippen LogP contribution < -0.4 is 10.9 Å². The Morgan fingerprint density at radius 2 is 2.15 bits per heavy atom. The Labute approximate surface area is 77.0 Å². The van der Waals surface area contributed by atoms with Gasteiger partial charge in [0.15, 0.2) is 0 Å². The molecule has 0 aromatic carbocycles. The summed E-state index contributed by atoms with van der Waals surface area (Å²) in [5, 5.41) is 8.90. The number of amides is 1. The molecule has 2 N–H and O–H groups in total. The fraction of sp³-hybridized carbons (Fsp3) is 0.750. The summed E-state index contributed by atoms with van der Waals surface area (Å²) in [6.07, 6.45) is 3.01. The van der Waals surface area contributed by atoms with Gasteiger partial charge in [0.25, 0.3) is 0 Å². The van der Waals surface area contributed by atoms with Crippen molar-refractivity contribution >= 4 is 6.09 Å². The summed E-state index contributed by atoms with van der Waals surface area (Å²) in [6, 6.07) is 2.18. The molecular weight excluding hydrogens is 170 g/mol. The molecule has 0 saturated heterocycles. The SMILES string of the molecule is COC(=O)NNC1(C#N)CCCC1. The quantitative estimate of drug-likeness (QED) is 0.617. The van der Waals surface area contributed by atoms with Gasteiger partial charge in [-0.1, -0.05) is 12.8 Å². The van der Waals surface area contributed by atoms with E-state index in [-0.39, 0.29) is 0 Å². The highest BCUT2D eigenvalue weighted by Gasteiger charge is 2.34. The Bertz CT molecular complexity index is 228. The normalized spacial score (nSPS) is 19.1. The zero-order valence-corrected chi connectivity index (χ0v) is 7.59. The third-order valence-corrected chi connectivity index (χ3v) is 2.26. The summed E-state index contributed by atoms with van der Waals surface area (Å²) in [7, 11) is 1.28. The van der Waals surface area contributed by atoms with E-state index >= 15 is 0 Å². The molecule has 1 fully saturated rings. The fourth-order valence-corrected chi connectivity index (χ4v) is 1.47. The van der Waals surface area contributed by atoms with Crippen molar-refractivity contribution in [3.8, 4) is 6.07 Å². The minimum atomic E-state index is -0.589. The molecule has 0 heterocycles. The number of hydrogen-bond acceptors (Lipinski definition) is 4. The van der Waals surface area contributed by atoms with E-state index in [1.54, 1.807) is 0 Å². The highest BCUT2D eigenvalue weighted by molar-refractivity contribution is 5.66. The smallest absolute Gasteiger partial charge is 0.421 e. The molecule has 1 amide bonds. The molecule has 0 aromatic heterocycles. The third kappa shape index (κ3) is 2.33. The second-order valence-electron chi connectivity index (χ2n) is 3.14. The van der Waals surface area contributed by atoms with Gasteiger partial charge in [0.2, 0.25) is 0 Å². The maximum Gasteiger partial charge on any atom is 0.421 e. The van der Waals surface area contributed by atoms with Gasteiger partial charge in [-0.25, -0.2) is 10.2 Å². The highest BCUT2D eigenvalue weighted by Crippen LogP contribution is 2.28. The maximum atomic E-state index is 10.7. The zero-order chi connectivity index (χ0) is 9.73. The summed E-state index contributed by atoms with van der Waals surface area (Å²) in [4.78, 5) is 10.7. The molecule has 5 nitrogen and oxygen atoms in total. The van der Waals surface area contributed by atoms with Crippen molar-refractivity contribution in [1.82, 2.24) is 10.9 Å².